The van der Waals surface area contributed by atoms with Gasteiger partial charge in [-0.3, -0.25) is 9.55 Å². The summed E-state index contributed by atoms with van der Waals surface area (Å²) in [5.41, 5.74) is 10.7. The van der Waals surface area contributed by atoms with Crippen LogP contribution in [0.5, 0.6) is 0 Å². The molecule has 236 valence electrons. The van der Waals surface area contributed by atoms with Crippen molar-refractivity contribution in [1.29, 1.82) is 0 Å². The Morgan fingerprint density at radius 3 is 1.96 bits per heavy atom. The van der Waals surface area contributed by atoms with Gasteiger partial charge in [-0.1, -0.05) is 97.1 Å². The van der Waals surface area contributed by atoms with Gasteiger partial charge in [-0.25, -0.2) is 4.98 Å². The molecule has 0 fully saturated rings. The van der Waals surface area contributed by atoms with E-state index in [1.54, 1.807) is 0 Å². The number of rotatable bonds is 5. The van der Waals surface area contributed by atoms with Crippen molar-refractivity contribution in [1.82, 2.24) is 29.1 Å². The Morgan fingerprint density at radius 2 is 1.16 bits per heavy atom. The Bertz CT molecular complexity index is 2810. The zero-order valence-electron chi connectivity index (χ0n) is 27.1. The predicted molar refractivity (Wildman–Crippen MR) is 204 cm³/mol. The lowest BCUT2D eigenvalue weighted by Gasteiger charge is -2.12. The first kappa shape index (κ1) is 28.4. The zero-order chi connectivity index (χ0) is 33.0. The van der Waals surface area contributed by atoms with E-state index in [0.717, 1.165) is 84.5 Å². The van der Waals surface area contributed by atoms with Gasteiger partial charge < -0.3 is 4.57 Å². The third kappa shape index (κ3) is 4.57. The SMILES string of the molecule is C1=CC(c2nc(-c3ccccc3)nc(-n3c4ccccc4c4cc(-c5ccc6c(c5)c5ncccc5n6-c5ccccc5)ccc43)n2)=CCC1. The number of allylic oxidation sites excluding steroid dienone is 4. The van der Waals surface area contributed by atoms with Gasteiger partial charge in [0.05, 0.1) is 27.6 Å². The average molecular weight is 643 g/mol. The number of benzene rings is 5. The standard InChI is InChI=1S/C44H30N6/c1-4-13-29(14-5-1)42-46-43(30-15-6-2-7-16-30)48-44(47-42)50-37-20-11-10-19-34(37)35-27-31(22-24-38(35)50)32-23-25-39-36(28-32)41-40(21-12-26-45-41)49(39)33-17-8-3-9-18-33/h1,3-6,8-28H,2,7H2. The fraction of sp³-hybridized carbons (Fsp3) is 0.0455. The van der Waals surface area contributed by atoms with Crippen molar-refractivity contribution >= 4 is 49.3 Å². The van der Waals surface area contributed by atoms with Gasteiger partial charge in [-0.2, -0.15) is 9.97 Å². The predicted octanol–water partition coefficient (Wildman–Crippen LogP) is 10.5. The van der Waals surface area contributed by atoms with Crippen LogP contribution < -0.4 is 0 Å². The molecule has 0 amide bonds. The van der Waals surface area contributed by atoms with Crippen LogP contribution in [0.2, 0.25) is 0 Å². The maximum atomic E-state index is 5.11. The van der Waals surface area contributed by atoms with Crippen LogP contribution in [0.25, 0.3) is 83.5 Å². The highest BCUT2D eigenvalue weighted by Crippen LogP contribution is 2.37. The summed E-state index contributed by atoms with van der Waals surface area (Å²) in [6, 6.07) is 46.7. The molecule has 0 unspecified atom stereocenters. The normalized spacial score (nSPS) is 13.1. The number of fused-ring (bicyclic) bond motifs is 6. The van der Waals surface area contributed by atoms with Crippen molar-refractivity contribution in [2.24, 2.45) is 0 Å². The van der Waals surface area contributed by atoms with E-state index in [0.29, 0.717) is 17.6 Å². The highest BCUT2D eigenvalue weighted by Gasteiger charge is 2.20. The third-order valence-corrected chi connectivity index (χ3v) is 9.65. The first-order chi connectivity index (χ1) is 24.8. The van der Waals surface area contributed by atoms with E-state index in [9.17, 15) is 0 Å². The summed E-state index contributed by atoms with van der Waals surface area (Å²) in [5, 5.41) is 3.41. The fourth-order valence-corrected chi connectivity index (χ4v) is 7.33. The third-order valence-electron chi connectivity index (χ3n) is 9.65. The average Bonchev–Trinajstić information content (AvgIpc) is 3.71. The highest BCUT2D eigenvalue weighted by molar-refractivity contribution is 6.11. The van der Waals surface area contributed by atoms with Crippen LogP contribution in [0.4, 0.5) is 0 Å². The molecule has 4 aromatic heterocycles. The molecular weight excluding hydrogens is 613 g/mol. The van der Waals surface area contributed by atoms with Gasteiger partial charge in [-0.15, -0.1) is 0 Å². The second-order valence-electron chi connectivity index (χ2n) is 12.6. The lowest BCUT2D eigenvalue weighted by molar-refractivity contribution is 0.927. The van der Waals surface area contributed by atoms with Gasteiger partial charge in [-0.05, 0) is 78.6 Å². The highest BCUT2D eigenvalue weighted by atomic mass is 15.2. The molecule has 4 heterocycles. The molecule has 0 atom stereocenters. The molecule has 9 aromatic rings. The number of nitrogens with zero attached hydrogens (tertiary/aromatic N) is 6. The Labute approximate surface area is 288 Å². The van der Waals surface area contributed by atoms with E-state index in [2.05, 4.69) is 137 Å². The van der Waals surface area contributed by atoms with E-state index >= 15 is 0 Å². The van der Waals surface area contributed by atoms with Crippen LogP contribution in [-0.2, 0) is 0 Å². The Balaban J connectivity index is 1.17. The zero-order valence-corrected chi connectivity index (χ0v) is 27.1. The molecule has 0 aliphatic heterocycles. The van der Waals surface area contributed by atoms with Crippen LogP contribution in [0.15, 0.2) is 158 Å². The molecule has 0 N–H and O–H groups in total. The summed E-state index contributed by atoms with van der Waals surface area (Å²) in [7, 11) is 0. The summed E-state index contributed by atoms with van der Waals surface area (Å²) in [6.07, 6.45) is 10.4. The van der Waals surface area contributed by atoms with Crippen molar-refractivity contribution in [3.05, 3.63) is 164 Å². The molecule has 0 spiro atoms. The second kappa shape index (κ2) is 11.5. The van der Waals surface area contributed by atoms with Gasteiger partial charge in [0.1, 0.15) is 0 Å². The maximum Gasteiger partial charge on any atom is 0.238 e. The Hall–Kier alpha value is -6.66. The first-order valence-electron chi connectivity index (χ1n) is 17.0. The minimum absolute atomic E-state index is 0.605. The fourth-order valence-electron chi connectivity index (χ4n) is 7.33. The number of hydrogen-bond donors (Lipinski definition) is 0. The number of para-hydroxylation sites is 2. The molecule has 6 nitrogen and oxygen atoms in total. The topological polar surface area (TPSA) is 61.4 Å². The minimum atomic E-state index is 0.605. The lowest BCUT2D eigenvalue weighted by Crippen LogP contribution is -2.08. The molecule has 10 rings (SSSR count). The molecule has 0 saturated carbocycles. The van der Waals surface area contributed by atoms with Crippen molar-refractivity contribution in [3.8, 4) is 34.2 Å². The molecule has 0 saturated heterocycles. The summed E-state index contributed by atoms with van der Waals surface area (Å²) < 4.78 is 4.48. The first-order valence-corrected chi connectivity index (χ1v) is 17.0. The van der Waals surface area contributed by atoms with Gasteiger partial charge >= 0.3 is 0 Å². The minimum Gasteiger partial charge on any atom is -0.308 e. The molecule has 6 heteroatoms. The van der Waals surface area contributed by atoms with E-state index in [1.807, 2.05) is 30.5 Å². The van der Waals surface area contributed by atoms with Gasteiger partial charge in [0.2, 0.25) is 5.95 Å². The summed E-state index contributed by atoms with van der Waals surface area (Å²) in [6.45, 7) is 0. The Morgan fingerprint density at radius 1 is 0.480 bits per heavy atom. The van der Waals surface area contributed by atoms with Crippen LogP contribution in [0.3, 0.4) is 0 Å². The molecule has 1 aliphatic rings. The summed E-state index contributed by atoms with van der Waals surface area (Å²) in [4.78, 5) is 20.0. The molecule has 50 heavy (non-hydrogen) atoms. The smallest absolute Gasteiger partial charge is 0.238 e. The van der Waals surface area contributed by atoms with E-state index in [1.165, 1.54) is 0 Å². The van der Waals surface area contributed by atoms with Crippen molar-refractivity contribution in [2.45, 2.75) is 12.8 Å². The molecular formula is C44H30N6. The monoisotopic (exact) mass is 642 g/mol. The van der Waals surface area contributed by atoms with E-state index in [-0.39, 0.29) is 0 Å². The van der Waals surface area contributed by atoms with Crippen LogP contribution in [0, 0.1) is 0 Å². The summed E-state index contributed by atoms with van der Waals surface area (Å²) >= 11 is 0. The lowest BCUT2D eigenvalue weighted by atomic mass is 10.0. The van der Waals surface area contributed by atoms with Crippen LogP contribution in [0.1, 0.15) is 18.7 Å². The van der Waals surface area contributed by atoms with E-state index in [4.69, 9.17) is 19.9 Å². The maximum absolute atomic E-state index is 5.11. The van der Waals surface area contributed by atoms with Gasteiger partial charge in [0.15, 0.2) is 11.6 Å². The van der Waals surface area contributed by atoms with Gasteiger partial charge in [0.25, 0.3) is 0 Å². The number of aromatic nitrogens is 6. The van der Waals surface area contributed by atoms with E-state index < -0.39 is 0 Å². The molecule has 5 aromatic carbocycles. The largest absolute Gasteiger partial charge is 0.308 e. The van der Waals surface area contributed by atoms with Crippen LogP contribution >= 0.6 is 0 Å². The summed E-state index contributed by atoms with van der Waals surface area (Å²) in [5.74, 6) is 1.95. The molecule has 0 radical (unpaired) electrons. The number of pyridine rings is 1. The number of hydrogen-bond acceptors (Lipinski definition) is 4. The molecule has 0 bridgehead atoms. The molecule has 1 aliphatic carbocycles. The van der Waals surface area contributed by atoms with Crippen molar-refractivity contribution < 1.29 is 0 Å². The second-order valence-corrected chi connectivity index (χ2v) is 12.6. The van der Waals surface area contributed by atoms with Gasteiger partial charge in [0, 0.05) is 39.2 Å². The van der Waals surface area contributed by atoms with Crippen molar-refractivity contribution in [3.63, 3.8) is 0 Å². The van der Waals surface area contributed by atoms with Crippen LogP contribution in [-0.4, -0.2) is 29.1 Å². The Kier molecular flexibility index (Phi) is 6.52. The quantitative estimate of drug-likeness (QED) is 0.187. The van der Waals surface area contributed by atoms with Crippen molar-refractivity contribution in [2.75, 3.05) is 0 Å².